The van der Waals surface area contributed by atoms with E-state index >= 15 is 0 Å². The molecule has 1 heterocycles. The van der Waals surface area contributed by atoms with Crippen LogP contribution < -0.4 is 11.1 Å². The number of nitrogens with one attached hydrogen (secondary N) is 1. The number of aliphatic carboxylic acids is 2. The van der Waals surface area contributed by atoms with Gasteiger partial charge in [-0.25, -0.2) is 9.78 Å². The fraction of sp³-hybridized carbons (Fsp3) is 0.455. The van der Waals surface area contributed by atoms with Gasteiger partial charge in [0.05, 0.1) is 5.01 Å². The molecule has 1 rings (SSSR count). The lowest BCUT2D eigenvalue weighted by Gasteiger charge is -2.12. The first-order valence-electron chi connectivity index (χ1n) is 5.84. The van der Waals surface area contributed by atoms with Crippen LogP contribution in [0.2, 0.25) is 0 Å². The van der Waals surface area contributed by atoms with E-state index in [1.54, 1.807) is 0 Å². The van der Waals surface area contributed by atoms with E-state index in [-0.39, 0.29) is 18.5 Å². The number of carboxylic acid groups (broad SMARTS) is 2. The lowest BCUT2D eigenvalue weighted by Crippen LogP contribution is -2.41. The molecule has 0 saturated heterocycles. The zero-order valence-corrected chi connectivity index (χ0v) is 11.4. The zero-order chi connectivity index (χ0) is 15.1. The molecule has 5 N–H and O–H groups in total. The van der Waals surface area contributed by atoms with Crippen molar-refractivity contribution in [2.24, 2.45) is 5.73 Å². The monoisotopic (exact) mass is 301 g/mol. The summed E-state index contributed by atoms with van der Waals surface area (Å²) >= 11 is 1.26. The highest BCUT2D eigenvalue weighted by Crippen LogP contribution is 2.10. The predicted molar refractivity (Wildman–Crippen MR) is 70.6 cm³/mol. The lowest BCUT2D eigenvalue weighted by molar-refractivity contribution is -0.140. The van der Waals surface area contributed by atoms with Crippen molar-refractivity contribution in [1.82, 2.24) is 10.3 Å². The van der Waals surface area contributed by atoms with Crippen LogP contribution in [-0.4, -0.2) is 45.6 Å². The number of amides is 1. The minimum Gasteiger partial charge on any atom is -0.481 e. The van der Waals surface area contributed by atoms with E-state index in [4.69, 9.17) is 15.9 Å². The van der Waals surface area contributed by atoms with E-state index in [1.165, 1.54) is 16.7 Å². The van der Waals surface area contributed by atoms with E-state index in [0.717, 1.165) is 0 Å². The number of thiazole rings is 1. The first-order chi connectivity index (χ1) is 9.43. The summed E-state index contributed by atoms with van der Waals surface area (Å²) in [6, 6.07) is -1.25. The Balaban J connectivity index is 2.64. The first-order valence-corrected chi connectivity index (χ1v) is 6.72. The third-order valence-corrected chi connectivity index (χ3v) is 3.30. The average molecular weight is 301 g/mol. The van der Waals surface area contributed by atoms with Crippen LogP contribution >= 0.6 is 11.3 Å². The first kappa shape index (κ1) is 16.1. The van der Waals surface area contributed by atoms with Crippen LogP contribution in [0.15, 0.2) is 5.38 Å². The molecule has 1 atom stereocenters. The molecule has 0 aliphatic heterocycles. The second-order valence-electron chi connectivity index (χ2n) is 3.96. The van der Waals surface area contributed by atoms with Gasteiger partial charge in [-0.2, -0.15) is 0 Å². The van der Waals surface area contributed by atoms with E-state index in [2.05, 4.69) is 10.3 Å². The molecule has 1 aromatic heterocycles. The molecule has 0 aliphatic rings. The van der Waals surface area contributed by atoms with E-state index < -0.39 is 23.9 Å². The molecule has 9 heteroatoms. The van der Waals surface area contributed by atoms with Gasteiger partial charge in [-0.3, -0.25) is 9.59 Å². The number of carbonyl (C=O) groups is 3. The molecule has 8 nitrogen and oxygen atoms in total. The Bertz CT molecular complexity index is 502. The Morgan fingerprint density at radius 2 is 2.10 bits per heavy atom. The third-order valence-electron chi connectivity index (χ3n) is 2.39. The van der Waals surface area contributed by atoms with Gasteiger partial charge in [0.25, 0.3) is 5.91 Å². The van der Waals surface area contributed by atoms with E-state index in [1.807, 2.05) is 0 Å². The number of nitrogens with zero attached hydrogens (tertiary/aromatic N) is 1. The smallest absolute Gasteiger partial charge is 0.326 e. The van der Waals surface area contributed by atoms with Gasteiger partial charge in [0.2, 0.25) is 0 Å². The minimum absolute atomic E-state index is 0.111. The van der Waals surface area contributed by atoms with Gasteiger partial charge in [-0.15, -0.1) is 11.3 Å². The fourth-order valence-electron chi connectivity index (χ4n) is 1.41. The van der Waals surface area contributed by atoms with E-state index in [9.17, 15) is 14.4 Å². The maximum Gasteiger partial charge on any atom is 0.326 e. The van der Waals surface area contributed by atoms with Crippen molar-refractivity contribution >= 4 is 29.2 Å². The molecule has 110 valence electrons. The van der Waals surface area contributed by atoms with Crippen molar-refractivity contribution in [1.29, 1.82) is 0 Å². The Hall–Kier alpha value is -2.00. The Labute approximate surface area is 118 Å². The second kappa shape index (κ2) is 7.56. The summed E-state index contributed by atoms with van der Waals surface area (Å²) in [4.78, 5) is 37.2. The highest BCUT2D eigenvalue weighted by molar-refractivity contribution is 7.09. The highest BCUT2D eigenvalue weighted by Gasteiger charge is 2.22. The summed E-state index contributed by atoms with van der Waals surface area (Å²) in [7, 11) is 0. The van der Waals surface area contributed by atoms with Crippen molar-refractivity contribution < 1.29 is 24.6 Å². The summed E-state index contributed by atoms with van der Waals surface area (Å²) < 4.78 is 0. The molecule has 0 aliphatic carbocycles. The van der Waals surface area contributed by atoms with Gasteiger partial charge in [0.15, 0.2) is 0 Å². The summed E-state index contributed by atoms with van der Waals surface area (Å²) in [6.07, 6.45) is 0.0161. The van der Waals surface area contributed by atoms with Crippen LogP contribution in [0.1, 0.15) is 28.3 Å². The molecule has 0 saturated carbocycles. The molecule has 0 aromatic carbocycles. The molecular formula is C11H15N3O5S. The van der Waals surface area contributed by atoms with Crippen LogP contribution in [0.5, 0.6) is 0 Å². The topological polar surface area (TPSA) is 143 Å². The lowest BCUT2D eigenvalue weighted by atomic mass is 10.1. The number of aromatic nitrogens is 1. The van der Waals surface area contributed by atoms with Gasteiger partial charge in [-0.05, 0) is 13.0 Å². The molecule has 0 unspecified atom stereocenters. The van der Waals surface area contributed by atoms with Crippen molar-refractivity contribution in [3.63, 3.8) is 0 Å². The number of carboxylic acids is 2. The zero-order valence-electron chi connectivity index (χ0n) is 10.5. The normalized spacial score (nSPS) is 11.8. The molecule has 1 aromatic rings. The quantitative estimate of drug-likeness (QED) is 0.516. The van der Waals surface area contributed by atoms with Crippen LogP contribution in [-0.2, 0) is 16.0 Å². The van der Waals surface area contributed by atoms with Gasteiger partial charge in [0.1, 0.15) is 11.7 Å². The second-order valence-corrected chi connectivity index (χ2v) is 4.90. The largest absolute Gasteiger partial charge is 0.481 e. The van der Waals surface area contributed by atoms with Gasteiger partial charge < -0.3 is 21.3 Å². The SMILES string of the molecule is NCCc1nc(C(=O)N[C@@H](CCC(=O)O)C(=O)O)cs1. The standard InChI is InChI=1S/C11H15N3O5S/c12-4-3-8-13-7(5-20-8)10(17)14-6(11(18)19)1-2-9(15)16/h5-6H,1-4,12H2,(H,14,17)(H,15,16)(H,18,19)/t6-/m0/s1. The van der Waals surface area contributed by atoms with E-state index in [0.29, 0.717) is 18.0 Å². The molecule has 0 spiro atoms. The average Bonchev–Trinajstić information content (AvgIpc) is 2.82. The maximum absolute atomic E-state index is 11.8. The number of carbonyl (C=O) groups excluding carboxylic acids is 1. The summed E-state index contributed by atoms with van der Waals surface area (Å²) in [5.41, 5.74) is 5.48. The van der Waals surface area contributed by atoms with Gasteiger partial charge in [-0.1, -0.05) is 0 Å². The Kier molecular flexibility index (Phi) is 6.07. The number of hydrogen-bond acceptors (Lipinski definition) is 6. The maximum atomic E-state index is 11.8. The van der Waals surface area contributed by atoms with Gasteiger partial charge >= 0.3 is 11.9 Å². The number of rotatable bonds is 8. The third kappa shape index (κ3) is 4.94. The summed E-state index contributed by atoms with van der Waals surface area (Å²) in [6.45, 7) is 0.408. The van der Waals surface area contributed by atoms with Crippen LogP contribution in [0.3, 0.4) is 0 Å². The molecule has 20 heavy (non-hydrogen) atoms. The van der Waals surface area contributed by atoms with Crippen LogP contribution in [0.4, 0.5) is 0 Å². The molecule has 0 bridgehead atoms. The highest BCUT2D eigenvalue weighted by atomic mass is 32.1. The predicted octanol–water partition coefficient (Wildman–Crippen LogP) is -0.308. The Morgan fingerprint density at radius 1 is 1.40 bits per heavy atom. The van der Waals surface area contributed by atoms with Crippen molar-refractivity contribution in [2.45, 2.75) is 25.3 Å². The molecule has 1 amide bonds. The van der Waals surface area contributed by atoms with Crippen molar-refractivity contribution in [3.05, 3.63) is 16.1 Å². The number of hydrogen-bond donors (Lipinski definition) is 4. The summed E-state index contributed by atoms with van der Waals surface area (Å²) in [5, 5.41) is 21.9. The fourth-order valence-corrected chi connectivity index (χ4v) is 2.21. The molecule has 0 radical (unpaired) electrons. The van der Waals surface area contributed by atoms with Crippen molar-refractivity contribution in [2.75, 3.05) is 6.54 Å². The Morgan fingerprint density at radius 3 is 2.65 bits per heavy atom. The molecule has 0 fully saturated rings. The van der Waals surface area contributed by atoms with Crippen molar-refractivity contribution in [3.8, 4) is 0 Å². The van der Waals surface area contributed by atoms with Crippen LogP contribution in [0.25, 0.3) is 0 Å². The minimum atomic E-state index is -1.28. The van der Waals surface area contributed by atoms with Crippen LogP contribution in [0, 0.1) is 0 Å². The van der Waals surface area contributed by atoms with Gasteiger partial charge in [0, 0.05) is 18.2 Å². The summed E-state index contributed by atoms with van der Waals surface area (Å²) in [5.74, 6) is -3.04. The molecular weight excluding hydrogens is 286 g/mol. The number of nitrogens with two attached hydrogens (primary N) is 1.